The lowest BCUT2D eigenvalue weighted by molar-refractivity contribution is 0.0729. The predicted octanol–water partition coefficient (Wildman–Crippen LogP) is 1.63. The standard InChI is InChI=1S/C13H12N2O2S/c16-12-3-1-2-10(14-12)13(17)15-6-4-11-9(8-15)5-7-18-11/h1-3,5,7H,4,6,8H2,(H,14,16). The maximum Gasteiger partial charge on any atom is 0.270 e. The zero-order valence-electron chi connectivity index (χ0n) is 9.68. The van der Waals surface area contributed by atoms with Crippen LogP contribution >= 0.6 is 11.3 Å². The van der Waals surface area contributed by atoms with Crippen LogP contribution < -0.4 is 5.56 Å². The smallest absolute Gasteiger partial charge is 0.270 e. The molecule has 0 bridgehead atoms. The van der Waals surface area contributed by atoms with Gasteiger partial charge >= 0.3 is 0 Å². The summed E-state index contributed by atoms with van der Waals surface area (Å²) in [6.07, 6.45) is 0.899. The molecule has 1 N–H and O–H groups in total. The normalized spacial score (nSPS) is 14.3. The zero-order valence-corrected chi connectivity index (χ0v) is 10.5. The zero-order chi connectivity index (χ0) is 12.5. The number of H-pyrrole nitrogens is 1. The summed E-state index contributed by atoms with van der Waals surface area (Å²) in [7, 11) is 0. The van der Waals surface area contributed by atoms with Gasteiger partial charge in [-0.3, -0.25) is 9.59 Å². The molecular formula is C13H12N2O2S. The highest BCUT2D eigenvalue weighted by Crippen LogP contribution is 2.24. The summed E-state index contributed by atoms with van der Waals surface area (Å²) < 4.78 is 0. The molecule has 3 heterocycles. The summed E-state index contributed by atoms with van der Waals surface area (Å²) in [5.41, 5.74) is 1.34. The van der Waals surface area contributed by atoms with Crippen molar-refractivity contribution in [1.29, 1.82) is 0 Å². The predicted molar refractivity (Wildman–Crippen MR) is 69.8 cm³/mol. The number of carbonyl (C=O) groups is 1. The van der Waals surface area contributed by atoms with E-state index in [4.69, 9.17) is 0 Å². The second-order valence-electron chi connectivity index (χ2n) is 4.27. The Kier molecular flexibility index (Phi) is 2.76. The Morgan fingerprint density at radius 3 is 3.06 bits per heavy atom. The third kappa shape index (κ3) is 1.97. The van der Waals surface area contributed by atoms with Gasteiger partial charge in [-0.25, -0.2) is 0 Å². The fourth-order valence-electron chi connectivity index (χ4n) is 2.16. The summed E-state index contributed by atoms with van der Waals surface area (Å²) in [5, 5.41) is 2.06. The van der Waals surface area contributed by atoms with Gasteiger partial charge < -0.3 is 9.88 Å². The Morgan fingerprint density at radius 1 is 1.33 bits per heavy atom. The van der Waals surface area contributed by atoms with Crippen molar-refractivity contribution in [3.63, 3.8) is 0 Å². The van der Waals surface area contributed by atoms with E-state index in [1.54, 1.807) is 28.4 Å². The van der Waals surface area contributed by atoms with Crippen molar-refractivity contribution < 1.29 is 4.79 Å². The number of hydrogen-bond acceptors (Lipinski definition) is 3. The number of rotatable bonds is 1. The number of carbonyl (C=O) groups excluding carboxylic acids is 1. The molecule has 0 unspecified atom stereocenters. The number of aromatic amines is 1. The quantitative estimate of drug-likeness (QED) is 0.847. The molecule has 0 spiro atoms. The first-order valence-electron chi connectivity index (χ1n) is 5.78. The molecule has 0 saturated heterocycles. The molecule has 2 aromatic heterocycles. The molecule has 92 valence electrons. The first kappa shape index (κ1) is 11.2. The van der Waals surface area contributed by atoms with Crippen molar-refractivity contribution in [1.82, 2.24) is 9.88 Å². The molecule has 1 amide bonds. The topological polar surface area (TPSA) is 53.2 Å². The summed E-state index contributed by atoms with van der Waals surface area (Å²) in [5.74, 6) is -0.107. The van der Waals surface area contributed by atoms with Crippen molar-refractivity contribution >= 4 is 17.2 Å². The van der Waals surface area contributed by atoms with Gasteiger partial charge in [-0.05, 0) is 29.5 Å². The van der Waals surface area contributed by atoms with Crippen LogP contribution in [0.5, 0.6) is 0 Å². The minimum Gasteiger partial charge on any atom is -0.333 e. The highest BCUT2D eigenvalue weighted by Gasteiger charge is 2.22. The number of pyridine rings is 1. The van der Waals surface area contributed by atoms with Crippen LogP contribution in [0.1, 0.15) is 20.9 Å². The Balaban J connectivity index is 1.85. The van der Waals surface area contributed by atoms with Crippen LogP contribution in [0, 0.1) is 0 Å². The lowest BCUT2D eigenvalue weighted by Crippen LogP contribution is -2.36. The molecule has 0 aliphatic carbocycles. The van der Waals surface area contributed by atoms with Crippen LogP contribution in [0.2, 0.25) is 0 Å². The van der Waals surface area contributed by atoms with Gasteiger partial charge in [0.15, 0.2) is 0 Å². The van der Waals surface area contributed by atoms with Gasteiger partial charge in [-0.2, -0.15) is 0 Å². The molecular weight excluding hydrogens is 248 g/mol. The minimum atomic E-state index is -0.242. The highest BCUT2D eigenvalue weighted by molar-refractivity contribution is 7.10. The number of thiophene rings is 1. The van der Waals surface area contributed by atoms with Crippen LogP contribution in [0.4, 0.5) is 0 Å². The number of aromatic nitrogens is 1. The van der Waals surface area contributed by atoms with E-state index < -0.39 is 0 Å². The third-order valence-corrected chi connectivity index (χ3v) is 4.12. The number of nitrogens with one attached hydrogen (secondary N) is 1. The van der Waals surface area contributed by atoms with Gasteiger partial charge in [0.05, 0.1) is 0 Å². The molecule has 0 radical (unpaired) electrons. The second kappa shape index (κ2) is 4.42. The van der Waals surface area contributed by atoms with Gasteiger partial charge in [0.2, 0.25) is 5.56 Å². The average Bonchev–Trinajstić information content (AvgIpc) is 2.85. The number of hydrogen-bond donors (Lipinski definition) is 1. The Labute approximate surface area is 108 Å². The van der Waals surface area contributed by atoms with E-state index in [1.165, 1.54) is 16.5 Å². The van der Waals surface area contributed by atoms with E-state index in [9.17, 15) is 9.59 Å². The van der Waals surface area contributed by atoms with Gasteiger partial charge in [0.25, 0.3) is 5.91 Å². The molecule has 0 aromatic carbocycles. The first-order valence-corrected chi connectivity index (χ1v) is 6.66. The molecule has 0 atom stereocenters. The Hall–Kier alpha value is -1.88. The van der Waals surface area contributed by atoms with E-state index in [0.717, 1.165) is 6.42 Å². The van der Waals surface area contributed by atoms with Crippen LogP contribution in [0.25, 0.3) is 0 Å². The maximum atomic E-state index is 12.2. The van der Waals surface area contributed by atoms with Crippen LogP contribution in [-0.4, -0.2) is 22.3 Å². The second-order valence-corrected chi connectivity index (χ2v) is 5.28. The van der Waals surface area contributed by atoms with Gasteiger partial charge in [0.1, 0.15) is 5.69 Å². The molecule has 1 aliphatic heterocycles. The van der Waals surface area contributed by atoms with Gasteiger partial charge in [-0.1, -0.05) is 6.07 Å². The summed E-state index contributed by atoms with van der Waals surface area (Å²) in [6.45, 7) is 1.35. The largest absolute Gasteiger partial charge is 0.333 e. The summed E-state index contributed by atoms with van der Waals surface area (Å²) >= 11 is 1.74. The van der Waals surface area contributed by atoms with E-state index in [2.05, 4.69) is 16.4 Å². The van der Waals surface area contributed by atoms with Crippen LogP contribution in [0.3, 0.4) is 0 Å². The molecule has 4 nitrogen and oxygen atoms in total. The molecule has 0 saturated carbocycles. The average molecular weight is 260 g/mol. The molecule has 1 aliphatic rings. The van der Waals surface area contributed by atoms with E-state index in [1.807, 2.05) is 0 Å². The molecule has 5 heteroatoms. The van der Waals surface area contributed by atoms with E-state index in [0.29, 0.717) is 18.8 Å². The minimum absolute atomic E-state index is 0.107. The Morgan fingerprint density at radius 2 is 2.22 bits per heavy atom. The SMILES string of the molecule is O=C(c1cccc(=O)[nH]1)N1CCc2sccc2C1. The van der Waals surface area contributed by atoms with E-state index in [-0.39, 0.29) is 11.5 Å². The monoisotopic (exact) mass is 260 g/mol. The molecule has 2 aromatic rings. The highest BCUT2D eigenvalue weighted by atomic mass is 32.1. The fourth-order valence-corrected chi connectivity index (χ4v) is 3.05. The Bertz CT molecular complexity index is 644. The maximum absolute atomic E-state index is 12.2. The summed E-state index contributed by atoms with van der Waals surface area (Å²) in [4.78, 5) is 29.2. The fraction of sp³-hybridized carbons (Fsp3) is 0.231. The molecule has 18 heavy (non-hydrogen) atoms. The molecule has 3 rings (SSSR count). The molecule has 0 fully saturated rings. The lowest BCUT2D eigenvalue weighted by atomic mass is 10.1. The number of fused-ring (bicyclic) bond motifs is 1. The van der Waals surface area contributed by atoms with Crippen LogP contribution in [-0.2, 0) is 13.0 Å². The number of amides is 1. The lowest BCUT2D eigenvalue weighted by Gasteiger charge is -2.26. The first-order chi connectivity index (χ1) is 8.74. The van der Waals surface area contributed by atoms with Crippen LogP contribution in [0.15, 0.2) is 34.4 Å². The number of nitrogens with zero attached hydrogens (tertiary/aromatic N) is 1. The van der Waals surface area contributed by atoms with E-state index >= 15 is 0 Å². The van der Waals surface area contributed by atoms with Crippen molar-refractivity contribution in [2.75, 3.05) is 6.54 Å². The van der Waals surface area contributed by atoms with Gasteiger partial charge in [-0.15, -0.1) is 11.3 Å². The van der Waals surface area contributed by atoms with Gasteiger partial charge in [0, 0.05) is 24.0 Å². The van der Waals surface area contributed by atoms with Crippen molar-refractivity contribution in [2.24, 2.45) is 0 Å². The van der Waals surface area contributed by atoms with Crippen molar-refractivity contribution in [2.45, 2.75) is 13.0 Å². The third-order valence-electron chi connectivity index (χ3n) is 3.09. The van der Waals surface area contributed by atoms with Crippen molar-refractivity contribution in [3.05, 3.63) is 56.1 Å². The summed E-state index contributed by atoms with van der Waals surface area (Å²) in [6, 6.07) is 6.72. The van der Waals surface area contributed by atoms with Crippen molar-refractivity contribution in [3.8, 4) is 0 Å².